The topological polar surface area (TPSA) is 47.0 Å². The van der Waals surface area contributed by atoms with Crippen molar-refractivity contribution in [1.29, 1.82) is 0 Å². The SMILES string of the molecule is CNC1CCCc2nc(C(C)OC)ncc21. The molecule has 1 heterocycles. The van der Waals surface area contributed by atoms with E-state index in [1.54, 1.807) is 7.11 Å². The van der Waals surface area contributed by atoms with Crippen LogP contribution in [0.2, 0.25) is 0 Å². The number of hydrogen-bond donors (Lipinski definition) is 1. The number of aryl methyl sites for hydroxylation is 1. The molecule has 16 heavy (non-hydrogen) atoms. The Morgan fingerprint density at radius 3 is 3.06 bits per heavy atom. The zero-order chi connectivity index (χ0) is 11.5. The molecule has 1 aromatic rings. The predicted octanol–water partition coefficient (Wildman–Crippen LogP) is 1.78. The van der Waals surface area contributed by atoms with Crippen molar-refractivity contribution < 1.29 is 4.74 Å². The van der Waals surface area contributed by atoms with Crippen molar-refractivity contribution in [2.45, 2.75) is 38.3 Å². The minimum atomic E-state index is -0.0275. The fraction of sp³-hybridized carbons (Fsp3) is 0.667. The molecule has 0 aliphatic heterocycles. The first-order valence-electron chi connectivity index (χ1n) is 5.82. The highest BCUT2D eigenvalue weighted by Crippen LogP contribution is 2.28. The van der Waals surface area contributed by atoms with Crippen LogP contribution in [0.3, 0.4) is 0 Å². The second kappa shape index (κ2) is 4.89. The maximum Gasteiger partial charge on any atom is 0.157 e. The van der Waals surface area contributed by atoms with Crippen molar-refractivity contribution in [1.82, 2.24) is 15.3 Å². The lowest BCUT2D eigenvalue weighted by atomic mass is 9.92. The van der Waals surface area contributed by atoms with Crippen molar-refractivity contribution in [2.24, 2.45) is 0 Å². The number of aromatic nitrogens is 2. The van der Waals surface area contributed by atoms with Gasteiger partial charge in [0.1, 0.15) is 6.10 Å². The molecular weight excluding hydrogens is 202 g/mol. The van der Waals surface area contributed by atoms with Crippen molar-refractivity contribution in [2.75, 3.05) is 14.2 Å². The van der Waals surface area contributed by atoms with E-state index >= 15 is 0 Å². The van der Waals surface area contributed by atoms with Crippen LogP contribution in [-0.2, 0) is 11.2 Å². The van der Waals surface area contributed by atoms with Crippen LogP contribution in [0.4, 0.5) is 0 Å². The number of methoxy groups -OCH3 is 1. The van der Waals surface area contributed by atoms with Crippen LogP contribution in [-0.4, -0.2) is 24.1 Å². The van der Waals surface area contributed by atoms with E-state index in [4.69, 9.17) is 4.74 Å². The summed E-state index contributed by atoms with van der Waals surface area (Å²) >= 11 is 0. The van der Waals surface area contributed by atoms with E-state index < -0.39 is 0 Å². The van der Waals surface area contributed by atoms with Crippen LogP contribution in [0, 0.1) is 0 Å². The molecule has 0 spiro atoms. The summed E-state index contributed by atoms with van der Waals surface area (Å²) in [4.78, 5) is 8.99. The predicted molar refractivity (Wildman–Crippen MR) is 62.2 cm³/mol. The Hall–Kier alpha value is -1.00. The van der Waals surface area contributed by atoms with Gasteiger partial charge in [-0.05, 0) is 33.2 Å². The molecule has 0 saturated heterocycles. The van der Waals surface area contributed by atoms with Gasteiger partial charge in [-0.1, -0.05) is 0 Å². The normalized spacial score (nSPS) is 21.6. The van der Waals surface area contributed by atoms with Gasteiger partial charge in [-0.15, -0.1) is 0 Å². The fourth-order valence-electron chi connectivity index (χ4n) is 2.16. The Balaban J connectivity index is 2.31. The van der Waals surface area contributed by atoms with Gasteiger partial charge in [-0.3, -0.25) is 0 Å². The van der Waals surface area contributed by atoms with Crippen LogP contribution < -0.4 is 5.32 Å². The Labute approximate surface area is 96.4 Å². The molecule has 0 aromatic carbocycles. The average Bonchev–Trinajstić information content (AvgIpc) is 2.36. The lowest BCUT2D eigenvalue weighted by Crippen LogP contribution is -2.23. The minimum Gasteiger partial charge on any atom is -0.374 e. The molecule has 2 unspecified atom stereocenters. The highest BCUT2D eigenvalue weighted by Gasteiger charge is 2.21. The van der Waals surface area contributed by atoms with Crippen LogP contribution in [0.25, 0.3) is 0 Å². The van der Waals surface area contributed by atoms with E-state index in [9.17, 15) is 0 Å². The van der Waals surface area contributed by atoms with E-state index in [0.717, 1.165) is 12.2 Å². The van der Waals surface area contributed by atoms with Gasteiger partial charge in [0.2, 0.25) is 0 Å². The summed E-state index contributed by atoms with van der Waals surface area (Å²) in [5, 5.41) is 3.31. The van der Waals surface area contributed by atoms with E-state index in [-0.39, 0.29) is 6.10 Å². The van der Waals surface area contributed by atoms with Gasteiger partial charge in [-0.2, -0.15) is 0 Å². The minimum absolute atomic E-state index is 0.0275. The Morgan fingerprint density at radius 1 is 1.56 bits per heavy atom. The largest absolute Gasteiger partial charge is 0.374 e. The highest BCUT2D eigenvalue weighted by atomic mass is 16.5. The average molecular weight is 221 g/mol. The molecule has 88 valence electrons. The van der Waals surface area contributed by atoms with Gasteiger partial charge < -0.3 is 10.1 Å². The molecule has 0 amide bonds. The van der Waals surface area contributed by atoms with Gasteiger partial charge >= 0.3 is 0 Å². The molecule has 0 radical (unpaired) electrons. The Bertz CT molecular complexity index is 367. The number of fused-ring (bicyclic) bond motifs is 1. The van der Waals surface area contributed by atoms with Crippen LogP contribution >= 0.6 is 0 Å². The molecular formula is C12H19N3O. The third-order valence-corrected chi connectivity index (χ3v) is 3.27. The first-order valence-corrected chi connectivity index (χ1v) is 5.82. The smallest absolute Gasteiger partial charge is 0.157 e. The molecule has 2 rings (SSSR count). The number of ether oxygens (including phenoxy) is 1. The summed E-state index contributed by atoms with van der Waals surface area (Å²) in [7, 11) is 3.68. The second-order valence-electron chi connectivity index (χ2n) is 4.24. The van der Waals surface area contributed by atoms with Crippen molar-refractivity contribution in [3.63, 3.8) is 0 Å². The lowest BCUT2D eigenvalue weighted by molar-refractivity contribution is 0.111. The van der Waals surface area contributed by atoms with Crippen molar-refractivity contribution in [3.05, 3.63) is 23.3 Å². The molecule has 1 N–H and O–H groups in total. The third kappa shape index (κ3) is 2.08. The first-order chi connectivity index (χ1) is 7.76. The summed E-state index contributed by atoms with van der Waals surface area (Å²) in [6.45, 7) is 1.97. The van der Waals surface area contributed by atoms with Gasteiger partial charge in [-0.25, -0.2) is 9.97 Å². The van der Waals surface area contributed by atoms with Gasteiger partial charge in [0, 0.05) is 30.6 Å². The van der Waals surface area contributed by atoms with Crippen LogP contribution in [0.1, 0.15) is 49.0 Å². The summed E-state index contributed by atoms with van der Waals surface area (Å²) in [5.41, 5.74) is 2.43. The molecule has 1 aliphatic carbocycles. The third-order valence-electron chi connectivity index (χ3n) is 3.27. The summed E-state index contributed by atoms with van der Waals surface area (Å²) in [6.07, 6.45) is 5.34. The van der Waals surface area contributed by atoms with E-state index in [0.29, 0.717) is 6.04 Å². The number of nitrogens with zero attached hydrogens (tertiary/aromatic N) is 2. The highest BCUT2D eigenvalue weighted by molar-refractivity contribution is 5.24. The summed E-state index contributed by atoms with van der Waals surface area (Å²) in [6, 6.07) is 0.413. The van der Waals surface area contributed by atoms with Gasteiger partial charge in [0.15, 0.2) is 5.82 Å². The molecule has 4 nitrogen and oxygen atoms in total. The Morgan fingerprint density at radius 2 is 2.38 bits per heavy atom. The molecule has 1 aromatic heterocycles. The Kier molecular flexibility index (Phi) is 3.51. The maximum atomic E-state index is 5.24. The van der Waals surface area contributed by atoms with Gasteiger partial charge in [0.05, 0.1) is 0 Å². The molecule has 0 fully saturated rings. The molecule has 0 saturated carbocycles. The number of hydrogen-bond acceptors (Lipinski definition) is 4. The fourth-order valence-corrected chi connectivity index (χ4v) is 2.16. The van der Waals surface area contributed by atoms with E-state index in [2.05, 4.69) is 15.3 Å². The number of rotatable bonds is 3. The van der Waals surface area contributed by atoms with E-state index in [1.165, 1.54) is 24.1 Å². The number of nitrogens with one attached hydrogen (secondary N) is 1. The van der Waals surface area contributed by atoms with Crippen LogP contribution in [0.5, 0.6) is 0 Å². The molecule has 2 atom stereocenters. The second-order valence-corrected chi connectivity index (χ2v) is 4.24. The van der Waals surface area contributed by atoms with Crippen molar-refractivity contribution >= 4 is 0 Å². The first kappa shape index (κ1) is 11.5. The summed E-state index contributed by atoms with van der Waals surface area (Å²) < 4.78 is 5.24. The maximum absolute atomic E-state index is 5.24. The van der Waals surface area contributed by atoms with Crippen LogP contribution in [0.15, 0.2) is 6.20 Å². The lowest BCUT2D eigenvalue weighted by Gasteiger charge is -2.24. The molecule has 1 aliphatic rings. The molecule has 0 bridgehead atoms. The van der Waals surface area contributed by atoms with E-state index in [1.807, 2.05) is 20.2 Å². The summed E-state index contributed by atoms with van der Waals surface area (Å²) in [5.74, 6) is 0.790. The quantitative estimate of drug-likeness (QED) is 0.845. The molecule has 4 heteroatoms. The zero-order valence-corrected chi connectivity index (χ0v) is 10.2. The van der Waals surface area contributed by atoms with Crippen molar-refractivity contribution in [3.8, 4) is 0 Å². The zero-order valence-electron chi connectivity index (χ0n) is 10.2. The standard InChI is InChI=1S/C12H19N3O/c1-8(16-3)12-14-7-9-10(13-2)5-4-6-11(9)15-12/h7-8,10,13H,4-6H2,1-3H3. The monoisotopic (exact) mass is 221 g/mol. The van der Waals surface area contributed by atoms with Gasteiger partial charge in [0.25, 0.3) is 0 Å².